The molecular weight excluding hydrogens is 366 g/mol. The lowest BCUT2D eigenvalue weighted by Crippen LogP contribution is -3.11. The molecule has 1 aliphatic heterocycles. The van der Waals surface area contributed by atoms with Gasteiger partial charge in [0.15, 0.2) is 0 Å². The molecule has 0 bridgehead atoms. The molecule has 1 aliphatic rings. The first-order valence-electron chi connectivity index (χ1n) is 8.84. The highest BCUT2D eigenvalue weighted by Crippen LogP contribution is 2.34. The van der Waals surface area contributed by atoms with Crippen molar-refractivity contribution >= 4 is 39.9 Å². The molecule has 5 nitrogen and oxygen atoms in total. The smallest absolute Gasteiger partial charge is 0.252 e. The van der Waals surface area contributed by atoms with Gasteiger partial charge in [-0.05, 0) is 24.1 Å². The largest absolute Gasteiger partial charge is 0.365 e. The van der Waals surface area contributed by atoms with Gasteiger partial charge in [0.2, 0.25) is 5.91 Å². The number of benzene rings is 1. The summed E-state index contributed by atoms with van der Waals surface area (Å²) in [5, 5.41) is 3.52. The van der Waals surface area contributed by atoms with Crippen LogP contribution in [0.2, 0.25) is 0 Å². The molecule has 2 heterocycles. The predicted molar refractivity (Wildman–Crippen MR) is 107 cm³/mol. The number of hydrogen-bond acceptors (Lipinski definition) is 4. The zero-order valence-corrected chi connectivity index (χ0v) is 16.5. The van der Waals surface area contributed by atoms with Gasteiger partial charge in [-0.1, -0.05) is 25.1 Å². The van der Waals surface area contributed by atoms with Gasteiger partial charge in [-0.15, -0.1) is 23.1 Å². The molecule has 1 aromatic carbocycles. The Morgan fingerprint density at radius 2 is 2.08 bits per heavy atom. The number of quaternary nitrogens is 1. The lowest BCUT2D eigenvalue weighted by Gasteiger charge is -2.23. The molecule has 1 unspecified atom stereocenters. The molecule has 138 valence electrons. The minimum absolute atomic E-state index is 0.113. The fourth-order valence-electron chi connectivity index (χ4n) is 3.28. The summed E-state index contributed by atoms with van der Waals surface area (Å²) in [6.07, 6.45) is 1.98. The maximum Gasteiger partial charge on any atom is 0.252 e. The Morgan fingerprint density at radius 1 is 1.31 bits per heavy atom. The van der Waals surface area contributed by atoms with Crippen molar-refractivity contribution in [2.45, 2.75) is 31.2 Å². The number of thioether (sulfide) groups is 1. The van der Waals surface area contributed by atoms with Gasteiger partial charge in [0, 0.05) is 11.3 Å². The van der Waals surface area contributed by atoms with E-state index < -0.39 is 5.91 Å². The summed E-state index contributed by atoms with van der Waals surface area (Å²) in [6.45, 7) is 5.22. The average molecular weight is 391 g/mol. The summed E-state index contributed by atoms with van der Waals surface area (Å²) in [4.78, 5) is 28.1. The van der Waals surface area contributed by atoms with E-state index in [9.17, 15) is 9.59 Å². The zero-order valence-electron chi connectivity index (χ0n) is 14.8. The van der Waals surface area contributed by atoms with Crippen molar-refractivity contribution in [3.63, 3.8) is 0 Å². The first-order chi connectivity index (χ1) is 12.6. The Kier molecular flexibility index (Phi) is 6.34. The number of thiophene rings is 1. The van der Waals surface area contributed by atoms with Crippen LogP contribution in [0.15, 0.2) is 35.2 Å². The third kappa shape index (κ3) is 4.47. The first kappa shape index (κ1) is 18.9. The molecule has 26 heavy (non-hydrogen) atoms. The Bertz CT molecular complexity index is 790. The maximum absolute atomic E-state index is 12.4. The molecule has 0 fully saturated rings. The molecular formula is C19H24N3O2S2+. The third-order valence-corrected chi connectivity index (χ3v) is 6.61. The highest BCUT2D eigenvalue weighted by atomic mass is 32.2. The second kappa shape index (κ2) is 8.70. The van der Waals surface area contributed by atoms with E-state index in [1.54, 1.807) is 0 Å². The van der Waals surface area contributed by atoms with Crippen LogP contribution >= 0.6 is 23.1 Å². The lowest BCUT2D eigenvalue weighted by atomic mass is 10.0. The predicted octanol–water partition coefficient (Wildman–Crippen LogP) is 1.93. The molecule has 1 atom stereocenters. The molecule has 4 N–H and O–H groups in total. The fourth-order valence-corrected chi connectivity index (χ4v) is 5.34. The number of nitrogens with one attached hydrogen (secondary N) is 2. The van der Waals surface area contributed by atoms with Crippen molar-refractivity contribution in [3.8, 4) is 0 Å². The minimum atomic E-state index is -0.451. The van der Waals surface area contributed by atoms with E-state index in [2.05, 4.69) is 12.2 Å². The number of primary amides is 1. The average Bonchev–Trinajstić information content (AvgIpc) is 2.98. The SMILES string of the molecule is CCC[NH+]1CCc2c(sc(NC(=O)CSc3ccccc3)c2C(N)=O)C1. The van der Waals surface area contributed by atoms with Crippen molar-refractivity contribution in [1.82, 2.24) is 0 Å². The second-order valence-corrected chi connectivity index (χ2v) is 8.55. The van der Waals surface area contributed by atoms with Crippen molar-refractivity contribution in [1.29, 1.82) is 0 Å². The van der Waals surface area contributed by atoms with Crippen LogP contribution in [0.4, 0.5) is 5.00 Å². The van der Waals surface area contributed by atoms with Gasteiger partial charge in [0.1, 0.15) is 11.5 Å². The summed E-state index contributed by atoms with van der Waals surface area (Å²) in [5.41, 5.74) is 7.17. The normalized spacial score (nSPS) is 16.1. The molecule has 7 heteroatoms. The minimum Gasteiger partial charge on any atom is -0.365 e. The Hall–Kier alpha value is -1.83. The summed E-state index contributed by atoms with van der Waals surface area (Å²) in [6, 6.07) is 9.79. The van der Waals surface area contributed by atoms with Crippen LogP contribution in [0.5, 0.6) is 0 Å². The highest BCUT2D eigenvalue weighted by Gasteiger charge is 2.29. The molecule has 0 radical (unpaired) electrons. The van der Waals surface area contributed by atoms with Crippen LogP contribution in [0.1, 0.15) is 34.1 Å². The van der Waals surface area contributed by atoms with Crippen LogP contribution < -0.4 is 16.0 Å². The number of fused-ring (bicyclic) bond motifs is 1. The Morgan fingerprint density at radius 3 is 2.77 bits per heavy atom. The molecule has 2 amide bonds. The van der Waals surface area contributed by atoms with Crippen LogP contribution in [0, 0.1) is 0 Å². The number of amides is 2. The van der Waals surface area contributed by atoms with Crippen LogP contribution in [-0.4, -0.2) is 30.7 Å². The van der Waals surface area contributed by atoms with Crippen molar-refractivity contribution in [2.75, 3.05) is 24.2 Å². The van der Waals surface area contributed by atoms with E-state index in [-0.39, 0.29) is 5.91 Å². The van der Waals surface area contributed by atoms with E-state index >= 15 is 0 Å². The number of rotatable bonds is 7. The van der Waals surface area contributed by atoms with E-state index in [1.165, 1.54) is 32.9 Å². The van der Waals surface area contributed by atoms with E-state index in [1.807, 2.05) is 30.3 Å². The summed E-state index contributed by atoms with van der Waals surface area (Å²) >= 11 is 2.98. The lowest BCUT2D eigenvalue weighted by molar-refractivity contribution is -0.915. The standard InChI is InChI=1S/C19H23N3O2S2/c1-2-9-22-10-8-14-15(11-22)26-19(17(14)18(20)24)21-16(23)12-25-13-6-4-3-5-7-13/h3-7H,2,8-12H2,1H3,(H2,20,24)(H,21,23)/p+1. The molecule has 0 saturated heterocycles. The van der Waals surface area contributed by atoms with Crippen molar-refractivity contribution in [2.24, 2.45) is 5.73 Å². The summed E-state index contributed by atoms with van der Waals surface area (Å²) in [7, 11) is 0. The molecule has 3 rings (SSSR count). The van der Waals surface area contributed by atoms with Crippen LogP contribution in [0.3, 0.4) is 0 Å². The molecule has 0 spiro atoms. The van der Waals surface area contributed by atoms with E-state index in [0.29, 0.717) is 16.3 Å². The van der Waals surface area contributed by atoms with Gasteiger partial charge in [-0.2, -0.15) is 0 Å². The number of anilines is 1. The monoisotopic (exact) mass is 390 g/mol. The topological polar surface area (TPSA) is 76.6 Å². The number of carbonyl (C=O) groups is 2. The number of carbonyl (C=O) groups excluding carboxylic acids is 2. The van der Waals surface area contributed by atoms with Crippen molar-refractivity contribution in [3.05, 3.63) is 46.3 Å². The summed E-state index contributed by atoms with van der Waals surface area (Å²) < 4.78 is 0. The van der Waals surface area contributed by atoms with E-state index in [4.69, 9.17) is 5.73 Å². The van der Waals surface area contributed by atoms with Gasteiger partial charge in [0.25, 0.3) is 5.91 Å². The number of nitrogens with two attached hydrogens (primary N) is 1. The number of hydrogen-bond donors (Lipinski definition) is 3. The van der Waals surface area contributed by atoms with Gasteiger partial charge in [-0.25, -0.2) is 0 Å². The maximum atomic E-state index is 12.4. The van der Waals surface area contributed by atoms with Crippen LogP contribution in [0.25, 0.3) is 0 Å². The highest BCUT2D eigenvalue weighted by molar-refractivity contribution is 8.00. The van der Waals surface area contributed by atoms with Crippen molar-refractivity contribution < 1.29 is 14.5 Å². The van der Waals surface area contributed by atoms with Gasteiger partial charge in [-0.3, -0.25) is 9.59 Å². The molecule has 0 saturated carbocycles. The van der Waals surface area contributed by atoms with Crippen LogP contribution in [-0.2, 0) is 17.8 Å². The quantitative estimate of drug-likeness (QED) is 0.632. The van der Waals surface area contributed by atoms with E-state index in [0.717, 1.165) is 42.9 Å². The molecule has 0 aliphatic carbocycles. The second-order valence-electron chi connectivity index (χ2n) is 6.40. The van der Waals surface area contributed by atoms with Gasteiger partial charge < -0.3 is 16.0 Å². The Balaban J connectivity index is 1.71. The summed E-state index contributed by atoms with van der Waals surface area (Å²) in [5.74, 6) is -0.261. The van der Waals surface area contributed by atoms with Gasteiger partial charge in [0.05, 0.1) is 29.3 Å². The zero-order chi connectivity index (χ0) is 18.5. The molecule has 2 aromatic rings. The van der Waals surface area contributed by atoms with Gasteiger partial charge >= 0.3 is 0 Å². The third-order valence-electron chi connectivity index (χ3n) is 4.45. The molecule has 1 aromatic heterocycles. The Labute approximate surface area is 162 Å². The first-order valence-corrected chi connectivity index (χ1v) is 10.6. The fraction of sp³-hybridized carbons (Fsp3) is 0.368.